The Hall–Kier alpha value is -3.27. The molecular weight excluding hydrogens is 346 g/mol. The van der Waals surface area contributed by atoms with Gasteiger partial charge in [-0.2, -0.15) is 0 Å². The van der Waals surface area contributed by atoms with Gasteiger partial charge in [-0.3, -0.25) is 4.99 Å². The minimum atomic E-state index is 0.746. The quantitative estimate of drug-likeness (QED) is 0.681. The number of nitrogens with one attached hydrogen (secondary N) is 1. The Morgan fingerprint density at radius 3 is 2.54 bits per heavy atom. The Kier molecular flexibility index (Phi) is 5.57. The van der Waals surface area contributed by atoms with E-state index in [9.17, 15) is 0 Å². The van der Waals surface area contributed by atoms with Gasteiger partial charge in [0.25, 0.3) is 0 Å². The van der Waals surface area contributed by atoms with Gasteiger partial charge in [0.2, 0.25) is 0 Å². The summed E-state index contributed by atoms with van der Waals surface area (Å²) in [6, 6.07) is 27.1. The van der Waals surface area contributed by atoms with Crippen molar-refractivity contribution in [2.75, 3.05) is 19.0 Å². The molecule has 0 unspecified atom stereocenters. The first-order valence-electron chi connectivity index (χ1n) is 9.63. The van der Waals surface area contributed by atoms with Crippen LogP contribution in [0.25, 0.3) is 0 Å². The van der Waals surface area contributed by atoms with Crippen LogP contribution in [0.2, 0.25) is 0 Å². The van der Waals surface area contributed by atoms with Gasteiger partial charge in [-0.05, 0) is 29.7 Å². The fourth-order valence-corrected chi connectivity index (χ4v) is 3.51. The standard InChI is InChI=1S/C24H25N3O/c1-28-23-14-8-6-12-21(23)18-27-17-20-11-5-7-13-22(20)26-24(27)25-16-15-19-9-3-2-4-10-19/h2-14H,15-18H2,1H3,(H,25,26). The van der Waals surface area contributed by atoms with E-state index in [1.807, 2.05) is 18.2 Å². The lowest BCUT2D eigenvalue weighted by Gasteiger charge is -2.33. The van der Waals surface area contributed by atoms with E-state index < -0.39 is 0 Å². The van der Waals surface area contributed by atoms with Gasteiger partial charge >= 0.3 is 0 Å². The van der Waals surface area contributed by atoms with Crippen molar-refractivity contribution in [3.8, 4) is 5.75 Å². The monoisotopic (exact) mass is 371 g/mol. The van der Waals surface area contributed by atoms with Gasteiger partial charge in [0, 0.05) is 30.9 Å². The fraction of sp³-hybridized carbons (Fsp3) is 0.208. The van der Waals surface area contributed by atoms with E-state index in [1.54, 1.807) is 7.11 Å². The van der Waals surface area contributed by atoms with Gasteiger partial charge in [0.1, 0.15) is 5.75 Å². The van der Waals surface area contributed by atoms with Gasteiger partial charge in [0.15, 0.2) is 5.96 Å². The number of rotatable bonds is 6. The van der Waals surface area contributed by atoms with Gasteiger partial charge in [-0.25, -0.2) is 0 Å². The summed E-state index contributed by atoms with van der Waals surface area (Å²) >= 11 is 0. The molecule has 0 atom stereocenters. The first kappa shape index (κ1) is 18.1. The van der Waals surface area contributed by atoms with Crippen LogP contribution < -0.4 is 10.1 Å². The van der Waals surface area contributed by atoms with Gasteiger partial charge in [-0.1, -0.05) is 66.7 Å². The number of para-hydroxylation sites is 2. The lowest BCUT2D eigenvalue weighted by Crippen LogP contribution is -2.39. The van der Waals surface area contributed by atoms with Crippen LogP contribution in [0.5, 0.6) is 5.75 Å². The minimum absolute atomic E-state index is 0.746. The number of aliphatic imine (C=N–C) groups is 1. The maximum atomic E-state index is 5.54. The van der Waals surface area contributed by atoms with E-state index in [4.69, 9.17) is 9.73 Å². The Balaban J connectivity index is 1.56. The summed E-state index contributed by atoms with van der Waals surface area (Å²) in [6.07, 6.45) is 0.927. The summed E-state index contributed by atoms with van der Waals surface area (Å²) in [5.41, 5.74) is 4.87. The zero-order valence-electron chi connectivity index (χ0n) is 16.1. The lowest BCUT2D eigenvalue weighted by molar-refractivity contribution is 0.371. The van der Waals surface area contributed by atoms with Crippen molar-refractivity contribution in [2.45, 2.75) is 19.5 Å². The van der Waals surface area contributed by atoms with Crippen molar-refractivity contribution in [1.82, 2.24) is 4.90 Å². The van der Waals surface area contributed by atoms with Crippen LogP contribution in [0, 0.1) is 0 Å². The SMILES string of the molecule is COc1ccccc1CN1Cc2ccccc2NC1=NCCc1ccccc1. The van der Waals surface area contributed by atoms with Gasteiger partial charge in [-0.15, -0.1) is 0 Å². The van der Waals surface area contributed by atoms with E-state index in [1.165, 1.54) is 11.1 Å². The zero-order chi connectivity index (χ0) is 19.2. The Bertz CT molecular complexity index is 953. The van der Waals surface area contributed by atoms with E-state index in [0.717, 1.165) is 49.0 Å². The number of fused-ring (bicyclic) bond motifs is 1. The molecule has 0 amide bonds. The number of hydrogen-bond acceptors (Lipinski definition) is 2. The maximum absolute atomic E-state index is 5.54. The zero-order valence-corrected chi connectivity index (χ0v) is 16.1. The highest BCUT2D eigenvalue weighted by Gasteiger charge is 2.21. The molecule has 142 valence electrons. The van der Waals surface area contributed by atoms with Crippen LogP contribution >= 0.6 is 0 Å². The van der Waals surface area contributed by atoms with Crippen LogP contribution in [0.4, 0.5) is 5.69 Å². The number of hydrogen-bond donors (Lipinski definition) is 1. The molecule has 0 radical (unpaired) electrons. The average Bonchev–Trinajstić information content (AvgIpc) is 2.75. The number of nitrogens with zero attached hydrogens (tertiary/aromatic N) is 2. The minimum Gasteiger partial charge on any atom is -0.496 e. The van der Waals surface area contributed by atoms with Crippen molar-refractivity contribution in [2.24, 2.45) is 4.99 Å². The van der Waals surface area contributed by atoms with E-state index in [2.05, 4.69) is 70.9 Å². The van der Waals surface area contributed by atoms with E-state index in [-0.39, 0.29) is 0 Å². The molecule has 0 bridgehead atoms. The average molecular weight is 371 g/mol. The molecular formula is C24H25N3O. The van der Waals surface area contributed by atoms with Crippen molar-refractivity contribution in [3.63, 3.8) is 0 Å². The van der Waals surface area contributed by atoms with Gasteiger partial charge in [0.05, 0.1) is 7.11 Å². The van der Waals surface area contributed by atoms with Crippen LogP contribution in [0.15, 0.2) is 83.9 Å². The van der Waals surface area contributed by atoms with Crippen LogP contribution in [-0.2, 0) is 19.5 Å². The molecule has 0 saturated heterocycles. The topological polar surface area (TPSA) is 36.9 Å². The summed E-state index contributed by atoms with van der Waals surface area (Å²) in [4.78, 5) is 7.18. The summed E-state index contributed by atoms with van der Waals surface area (Å²) in [5.74, 6) is 1.82. The van der Waals surface area contributed by atoms with Crippen LogP contribution in [0.3, 0.4) is 0 Å². The smallest absolute Gasteiger partial charge is 0.199 e. The molecule has 0 aliphatic carbocycles. The summed E-state index contributed by atoms with van der Waals surface area (Å²) in [5, 5.41) is 3.53. The fourth-order valence-electron chi connectivity index (χ4n) is 3.51. The third-order valence-electron chi connectivity index (χ3n) is 4.98. The van der Waals surface area contributed by atoms with Gasteiger partial charge < -0.3 is 15.0 Å². The molecule has 1 heterocycles. The molecule has 0 saturated carbocycles. The largest absolute Gasteiger partial charge is 0.496 e. The molecule has 0 aromatic heterocycles. The normalized spacial score (nSPS) is 14.5. The van der Waals surface area contributed by atoms with Crippen molar-refractivity contribution in [1.29, 1.82) is 0 Å². The lowest BCUT2D eigenvalue weighted by atomic mass is 10.1. The number of ether oxygens (including phenoxy) is 1. The second kappa shape index (κ2) is 8.61. The highest BCUT2D eigenvalue weighted by Crippen LogP contribution is 2.26. The first-order chi connectivity index (χ1) is 13.8. The summed E-state index contributed by atoms with van der Waals surface area (Å²) in [6.45, 7) is 2.32. The predicted molar refractivity (Wildman–Crippen MR) is 115 cm³/mol. The predicted octanol–water partition coefficient (Wildman–Crippen LogP) is 4.72. The summed E-state index contributed by atoms with van der Waals surface area (Å²) < 4.78 is 5.54. The third kappa shape index (κ3) is 4.17. The number of anilines is 1. The maximum Gasteiger partial charge on any atom is 0.199 e. The highest BCUT2D eigenvalue weighted by molar-refractivity contribution is 5.96. The molecule has 4 nitrogen and oxygen atoms in total. The second-order valence-electron chi connectivity index (χ2n) is 6.89. The number of guanidine groups is 1. The molecule has 1 aliphatic rings. The number of methoxy groups -OCH3 is 1. The van der Waals surface area contributed by atoms with Crippen molar-refractivity contribution < 1.29 is 4.74 Å². The molecule has 0 fully saturated rings. The second-order valence-corrected chi connectivity index (χ2v) is 6.89. The van der Waals surface area contributed by atoms with Crippen molar-refractivity contribution in [3.05, 3.63) is 95.6 Å². The van der Waals surface area contributed by atoms with Crippen LogP contribution in [-0.4, -0.2) is 24.5 Å². The third-order valence-corrected chi connectivity index (χ3v) is 4.98. The Morgan fingerprint density at radius 1 is 0.929 bits per heavy atom. The molecule has 28 heavy (non-hydrogen) atoms. The van der Waals surface area contributed by atoms with E-state index in [0.29, 0.717) is 0 Å². The van der Waals surface area contributed by atoms with Crippen molar-refractivity contribution >= 4 is 11.6 Å². The molecule has 4 heteroatoms. The molecule has 4 rings (SSSR count). The van der Waals surface area contributed by atoms with Crippen LogP contribution in [0.1, 0.15) is 16.7 Å². The molecule has 0 spiro atoms. The molecule has 3 aromatic rings. The molecule has 1 aliphatic heterocycles. The Morgan fingerprint density at radius 2 is 1.68 bits per heavy atom. The highest BCUT2D eigenvalue weighted by atomic mass is 16.5. The van der Waals surface area contributed by atoms with E-state index >= 15 is 0 Å². The summed E-state index contributed by atoms with van der Waals surface area (Å²) in [7, 11) is 1.72. The Labute approximate surface area is 166 Å². The first-order valence-corrected chi connectivity index (χ1v) is 9.63. The molecule has 3 aromatic carbocycles. The molecule has 1 N–H and O–H groups in total. The number of benzene rings is 3.